The highest BCUT2D eigenvalue weighted by molar-refractivity contribution is 5.60. The lowest BCUT2D eigenvalue weighted by atomic mass is 10.2. The highest BCUT2D eigenvalue weighted by atomic mass is 16.5. The van der Waals surface area contributed by atoms with E-state index in [-0.39, 0.29) is 0 Å². The van der Waals surface area contributed by atoms with Crippen molar-refractivity contribution in [2.24, 2.45) is 5.73 Å². The molecule has 2 aromatic rings. The maximum absolute atomic E-state index is 5.65. The molecule has 0 bridgehead atoms. The quantitative estimate of drug-likeness (QED) is 0.884. The van der Waals surface area contributed by atoms with Gasteiger partial charge in [-0.25, -0.2) is 4.98 Å². The summed E-state index contributed by atoms with van der Waals surface area (Å²) in [5.41, 5.74) is 8.60. The summed E-state index contributed by atoms with van der Waals surface area (Å²) in [6.07, 6.45) is 2.70. The molecule has 0 aliphatic rings. The summed E-state index contributed by atoms with van der Waals surface area (Å²) >= 11 is 0. The standard InChI is InChI=1S/C16H22N4O/c1-12-13(2)19-16(11-18-12)20(10-4-9-17)14-5-7-15(21-3)8-6-14/h5-8,11H,4,9-10,17H2,1-3H3. The number of methoxy groups -OCH3 is 1. The monoisotopic (exact) mass is 286 g/mol. The maximum atomic E-state index is 5.65. The van der Waals surface area contributed by atoms with E-state index in [4.69, 9.17) is 10.5 Å². The van der Waals surface area contributed by atoms with Gasteiger partial charge in [0.15, 0.2) is 5.82 Å². The first-order valence-corrected chi connectivity index (χ1v) is 7.07. The zero-order valence-corrected chi connectivity index (χ0v) is 12.8. The van der Waals surface area contributed by atoms with Crippen LogP contribution in [-0.2, 0) is 0 Å². The molecule has 0 atom stereocenters. The number of hydrogen-bond acceptors (Lipinski definition) is 5. The first kappa shape index (κ1) is 15.3. The predicted octanol–water partition coefficient (Wildman–Crippen LogP) is 2.59. The molecule has 0 saturated heterocycles. The number of nitrogens with two attached hydrogens (primary N) is 1. The molecular weight excluding hydrogens is 264 g/mol. The van der Waals surface area contributed by atoms with Gasteiger partial charge in [-0.2, -0.15) is 0 Å². The van der Waals surface area contributed by atoms with Crippen LogP contribution in [0, 0.1) is 13.8 Å². The predicted molar refractivity (Wildman–Crippen MR) is 85.2 cm³/mol. The SMILES string of the molecule is COc1ccc(N(CCCN)c2cnc(C)c(C)n2)cc1. The van der Waals surface area contributed by atoms with Gasteiger partial charge in [0.1, 0.15) is 5.75 Å². The molecule has 0 radical (unpaired) electrons. The van der Waals surface area contributed by atoms with Crippen LogP contribution in [0.3, 0.4) is 0 Å². The Morgan fingerprint density at radius 3 is 2.43 bits per heavy atom. The highest BCUT2D eigenvalue weighted by Gasteiger charge is 2.12. The molecule has 0 aliphatic heterocycles. The average molecular weight is 286 g/mol. The third-order valence-electron chi connectivity index (χ3n) is 3.43. The van der Waals surface area contributed by atoms with E-state index >= 15 is 0 Å². The largest absolute Gasteiger partial charge is 0.497 e. The number of nitrogens with zero attached hydrogens (tertiary/aromatic N) is 3. The van der Waals surface area contributed by atoms with Crippen molar-refractivity contribution >= 4 is 11.5 Å². The third-order valence-corrected chi connectivity index (χ3v) is 3.43. The zero-order chi connectivity index (χ0) is 15.2. The van der Waals surface area contributed by atoms with Crippen LogP contribution < -0.4 is 15.4 Å². The molecule has 5 heteroatoms. The van der Waals surface area contributed by atoms with Crippen LogP contribution in [0.2, 0.25) is 0 Å². The van der Waals surface area contributed by atoms with Crippen LogP contribution in [0.25, 0.3) is 0 Å². The third kappa shape index (κ3) is 3.70. The van der Waals surface area contributed by atoms with Gasteiger partial charge in [-0.15, -0.1) is 0 Å². The van der Waals surface area contributed by atoms with Crippen molar-refractivity contribution < 1.29 is 4.74 Å². The zero-order valence-electron chi connectivity index (χ0n) is 12.8. The van der Waals surface area contributed by atoms with E-state index < -0.39 is 0 Å². The van der Waals surface area contributed by atoms with Gasteiger partial charge in [-0.05, 0) is 51.1 Å². The van der Waals surface area contributed by atoms with Crippen LogP contribution in [-0.4, -0.2) is 30.2 Å². The van der Waals surface area contributed by atoms with E-state index in [0.717, 1.165) is 41.6 Å². The van der Waals surface area contributed by atoms with Gasteiger partial charge < -0.3 is 15.4 Å². The molecule has 2 N–H and O–H groups in total. The maximum Gasteiger partial charge on any atom is 0.151 e. The fourth-order valence-electron chi connectivity index (χ4n) is 2.05. The molecule has 0 saturated carbocycles. The van der Waals surface area contributed by atoms with Gasteiger partial charge >= 0.3 is 0 Å². The topological polar surface area (TPSA) is 64.3 Å². The second-order valence-electron chi connectivity index (χ2n) is 4.89. The number of aryl methyl sites for hydroxylation is 2. The second kappa shape index (κ2) is 7.04. The molecule has 5 nitrogen and oxygen atoms in total. The smallest absolute Gasteiger partial charge is 0.151 e. The fraction of sp³-hybridized carbons (Fsp3) is 0.375. The second-order valence-corrected chi connectivity index (χ2v) is 4.89. The lowest BCUT2D eigenvalue weighted by Gasteiger charge is -2.24. The Hall–Kier alpha value is -2.14. The van der Waals surface area contributed by atoms with Crippen molar-refractivity contribution in [2.45, 2.75) is 20.3 Å². The molecular formula is C16H22N4O. The highest BCUT2D eigenvalue weighted by Crippen LogP contribution is 2.26. The molecule has 2 rings (SSSR count). The summed E-state index contributed by atoms with van der Waals surface area (Å²) in [5.74, 6) is 1.68. The van der Waals surface area contributed by atoms with Crippen molar-refractivity contribution in [3.63, 3.8) is 0 Å². The molecule has 112 valence electrons. The fourth-order valence-corrected chi connectivity index (χ4v) is 2.05. The number of benzene rings is 1. The Kier molecular flexibility index (Phi) is 5.11. The van der Waals surface area contributed by atoms with Crippen LogP contribution >= 0.6 is 0 Å². The van der Waals surface area contributed by atoms with Gasteiger partial charge in [0.05, 0.1) is 24.7 Å². The van der Waals surface area contributed by atoms with Gasteiger partial charge in [-0.1, -0.05) is 0 Å². The lowest BCUT2D eigenvalue weighted by Crippen LogP contribution is -2.22. The Balaban J connectivity index is 2.33. The molecule has 0 amide bonds. The van der Waals surface area contributed by atoms with Gasteiger partial charge in [0.2, 0.25) is 0 Å². The van der Waals surface area contributed by atoms with E-state index in [1.807, 2.05) is 44.3 Å². The molecule has 0 aliphatic carbocycles. The van der Waals surface area contributed by atoms with Crippen molar-refractivity contribution in [3.8, 4) is 5.75 Å². The van der Waals surface area contributed by atoms with E-state index in [9.17, 15) is 0 Å². The van der Waals surface area contributed by atoms with Gasteiger partial charge in [-0.3, -0.25) is 4.98 Å². The number of rotatable bonds is 6. The Labute approximate surface area is 125 Å². The van der Waals surface area contributed by atoms with E-state index in [2.05, 4.69) is 14.9 Å². The van der Waals surface area contributed by atoms with E-state index in [1.165, 1.54) is 0 Å². The van der Waals surface area contributed by atoms with Crippen LogP contribution in [0.5, 0.6) is 5.75 Å². The Morgan fingerprint density at radius 1 is 1.14 bits per heavy atom. The van der Waals surface area contributed by atoms with Crippen LogP contribution in [0.4, 0.5) is 11.5 Å². The first-order chi connectivity index (χ1) is 10.2. The van der Waals surface area contributed by atoms with Crippen LogP contribution in [0.1, 0.15) is 17.8 Å². The van der Waals surface area contributed by atoms with Gasteiger partial charge in [0, 0.05) is 12.2 Å². The minimum Gasteiger partial charge on any atom is -0.497 e. The molecule has 21 heavy (non-hydrogen) atoms. The first-order valence-electron chi connectivity index (χ1n) is 7.07. The average Bonchev–Trinajstić information content (AvgIpc) is 2.51. The molecule has 1 aromatic heterocycles. The molecule has 0 spiro atoms. The molecule has 0 fully saturated rings. The number of anilines is 2. The summed E-state index contributed by atoms with van der Waals surface area (Å²) in [6.45, 7) is 5.38. The van der Waals surface area contributed by atoms with E-state index in [0.29, 0.717) is 6.54 Å². The normalized spacial score (nSPS) is 10.5. The summed E-state index contributed by atoms with van der Waals surface area (Å²) in [5, 5.41) is 0. The van der Waals surface area contributed by atoms with Gasteiger partial charge in [0.25, 0.3) is 0 Å². The van der Waals surface area contributed by atoms with Crippen molar-refractivity contribution in [1.82, 2.24) is 9.97 Å². The number of ether oxygens (including phenoxy) is 1. The summed E-state index contributed by atoms with van der Waals surface area (Å²) in [6, 6.07) is 7.93. The van der Waals surface area contributed by atoms with Crippen LogP contribution in [0.15, 0.2) is 30.5 Å². The molecule has 0 unspecified atom stereocenters. The summed E-state index contributed by atoms with van der Waals surface area (Å²) in [4.78, 5) is 11.2. The van der Waals surface area contributed by atoms with Crippen molar-refractivity contribution in [3.05, 3.63) is 41.9 Å². The van der Waals surface area contributed by atoms with Crippen molar-refractivity contribution in [2.75, 3.05) is 25.1 Å². The number of hydrogen-bond donors (Lipinski definition) is 1. The van der Waals surface area contributed by atoms with Crippen molar-refractivity contribution in [1.29, 1.82) is 0 Å². The Morgan fingerprint density at radius 2 is 1.86 bits per heavy atom. The lowest BCUT2D eigenvalue weighted by molar-refractivity contribution is 0.415. The van der Waals surface area contributed by atoms with E-state index in [1.54, 1.807) is 7.11 Å². The summed E-state index contributed by atoms with van der Waals surface area (Å²) in [7, 11) is 1.66. The minimum atomic E-state index is 0.644. The minimum absolute atomic E-state index is 0.644. The Bertz CT molecular complexity index is 583. The molecule has 1 heterocycles. The summed E-state index contributed by atoms with van der Waals surface area (Å²) < 4.78 is 5.20. The number of aromatic nitrogens is 2. The molecule has 1 aromatic carbocycles.